The Morgan fingerprint density at radius 2 is 1.66 bits per heavy atom. The zero-order chi connectivity index (χ0) is 20.9. The Morgan fingerprint density at radius 1 is 1.03 bits per heavy atom. The van der Waals surface area contributed by atoms with Crippen LogP contribution < -0.4 is 15.4 Å². The molecule has 29 heavy (non-hydrogen) atoms. The summed E-state index contributed by atoms with van der Waals surface area (Å²) in [5, 5.41) is 5.60. The molecule has 1 fully saturated rings. The molecule has 3 N–H and O–H groups in total. The zero-order valence-electron chi connectivity index (χ0n) is 16.8. The first-order valence-electron chi connectivity index (χ1n) is 9.77. The number of amides is 2. The second kappa shape index (κ2) is 9.39. The number of likely N-dealkylation sites (tertiary alicyclic amines) is 1. The minimum atomic E-state index is -3.57. The van der Waals surface area contributed by atoms with Crippen LogP contribution in [0.25, 0.3) is 0 Å². The Kier molecular flexibility index (Phi) is 6.89. The Bertz CT molecular complexity index is 909. The molecule has 1 atom stereocenters. The summed E-state index contributed by atoms with van der Waals surface area (Å²) in [6.07, 6.45) is 1.60. The van der Waals surface area contributed by atoms with Crippen LogP contribution in [-0.2, 0) is 10.0 Å². The number of urea groups is 1. The summed E-state index contributed by atoms with van der Waals surface area (Å²) in [5.41, 5.74) is 1.53. The van der Waals surface area contributed by atoms with Gasteiger partial charge in [-0.15, -0.1) is 0 Å². The number of benzene rings is 2. The fourth-order valence-corrected chi connectivity index (χ4v) is 4.63. The number of hydrogen-bond acceptors (Lipinski definition) is 4. The number of nitrogens with one attached hydrogen (secondary N) is 3. The molecule has 1 aliphatic rings. The molecule has 1 saturated heterocycles. The summed E-state index contributed by atoms with van der Waals surface area (Å²) in [5.74, 6) is 0. The van der Waals surface area contributed by atoms with Crippen LogP contribution in [0.15, 0.2) is 59.5 Å². The first kappa shape index (κ1) is 21.3. The average molecular weight is 417 g/mol. The van der Waals surface area contributed by atoms with E-state index in [0.29, 0.717) is 5.69 Å². The molecular weight excluding hydrogens is 388 g/mol. The second-order valence-electron chi connectivity index (χ2n) is 7.45. The predicted molar refractivity (Wildman–Crippen MR) is 114 cm³/mol. The maximum Gasteiger partial charge on any atom is 0.319 e. The Morgan fingerprint density at radius 3 is 2.28 bits per heavy atom. The molecule has 0 spiro atoms. The number of piperidine rings is 1. The van der Waals surface area contributed by atoms with Crippen molar-refractivity contribution in [1.29, 1.82) is 0 Å². The van der Waals surface area contributed by atoms with Crippen molar-refractivity contribution >= 4 is 21.7 Å². The number of rotatable bonds is 6. The van der Waals surface area contributed by atoms with Crippen LogP contribution in [-0.4, -0.2) is 45.5 Å². The van der Waals surface area contributed by atoms with Gasteiger partial charge in [0, 0.05) is 11.7 Å². The normalized spacial score (nSPS) is 16.9. The lowest BCUT2D eigenvalue weighted by Crippen LogP contribution is -2.43. The second-order valence-corrected chi connectivity index (χ2v) is 9.17. The molecule has 2 aromatic carbocycles. The summed E-state index contributed by atoms with van der Waals surface area (Å²) >= 11 is 0. The van der Waals surface area contributed by atoms with Crippen LogP contribution >= 0.6 is 0 Å². The number of sulfonamides is 1. The van der Waals surface area contributed by atoms with E-state index in [1.807, 2.05) is 44.3 Å². The lowest BCUT2D eigenvalue weighted by Gasteiger charge is -2.29. The average Bonchev–Trinajstić information content (AvgIpc) is 2.70. The van der Waals surface area contributed by atoms with Crippen molar-refractivity contribution in [2.75, 3.05) is 25.5 Å². The topological polar surface area (TPSA) is 90.5 Å². The molecule has 0 aliphatic carbocycles. The van der Waals surface area contributed by atoms with Crippen LogP contribution in [0.1, 0.15) is 31.4 Å². The molecule has 2 aromatic rings. The van der Waals surface area contributed by atoms with Crippen molar-refractivity contribution in [3.05, 3.63) is 60.2 Å². The first-order chi connectivity index (χ1) is 13.8. The first-order valence-corrected chi connectivity index (χ1v) is 11.3. The van der Waals surface area contributed by atoms with Crippen molar-refractivity contribution in [3.63, 3.8) is 0 Å². The van der Waals surface area contributed by atoms with E-state index in [2.05, 4.69) is 20.3 Å². The van der Waals surface area contributed by atoms with Gasteiger partial charge in [0.2, 0.25) is 10.0 Å². The van der Waals surface area contributed by atoms with Gasteiger partial charge in [0.1, 0.15) is 0 Å². The van der Waals surface area contributed by atoms with Crippen LogP contribution in [0.3, 0.4) is 0 Å². The van der Waals surface area contributed by atoms with E-state index >= 15 is 0 Å². The van der Waals surface area contributed by atoms with Crippen molar-refractivity contribution in [2.24, 2.45) is 0 Å². The largest absolute Gasteiger partial charge is 0.331 e. The molecule has 156 valence electrons. The highest BCUT2D eigenvalue weighted by molar-refractivity contribution is 7.89. The van der Waals surface area contributed by atoms with E-state index in [1.165, 1.54) is 12.1 Å². The van der Waals surface area contributed by atoms with Crippen molar-refractivity contribution in [2.45, 2.75) is 36.7 Å². The van der Waals surface area contributed by atoms with E-state index in [9.17, 15) is 13.2 Å². The van der Waals surface area contributed by atoms with Gasteiger partial charge in [0.25, 0.3) is 0 Å². The van der Waals surface area contributed by atoms with Gasteiger partial charge in [0.15, 0.2) is 0 Å². The fraction of sp³-hybridized carbons (Fsp3) is 0.381. The van der Waals surface area contributed by atoms with Gasteiger partial charge in [-0.2, -0.15) is 0 Å². The standard InChI is InChI=1S/C21H28N4O3S/c1-16(17-6-4-3-5-7-17)22-21(26)23-18-8-10-20(11-9-18)29(27,28)24-19-12-14-25(2)15-13-19/h3-11,16,19,24H,12-15H2,1-2H3,(H2,22,23,26). The lowest BCUT2D eigenvalue weighted by atomic mass is 10.1. The molecule has 3 rings (SSSR count). The molecular formula is C21H28N4O3S. The monoisotopic (exact) mass is 416 g/mol. The van der Waals surface area contributed by atoms with Crippen LogP contribution in [0.5, 0.6) is 0 Å². The highest BCUT2D eigenvalue weighted by Crippen LogP contribution is 2.17. The van der Waals surface area contributed by atoms with E-state index in [-0.39, 0.29) is 23.0 Å². The maximum absolute atomic E-state index is 12.6. The third-order valence-corrected chi connectivity index (χ3v) is 6.65. The lowest BCUT2D eigenvalue weighted by molar-refractivity contribution is 0.248. The van der Waals surface area contributed by atoms with Crippen molar-refractivity contribution in [3.8, 4) is 0 Å². The minimum Gasteiger partial charge on any atom is -0.331 e. The molecule has 2 amide bonds. The van der Waals surface area contributed by atoms with E-state index < -0.39 is 10.0 Å². The van der Waals surface area contributed by atoms with Gasteiger partial charge in [-0.25, -0.2) is 17.9 Å². The molecule has 8 heteroatoms. The van der Waals surface area contributed by atoms with Gasteiger partial charge in [-0.1, -0.05) is 30.3 Å². The van der Waals surface area contributed by atoms with Crippen LogP contribution in [0, 0.1) is 0 Å². The van der Waals surface area contributed by atoms with Gasteiger partial charge < -0.3 is 15.5 Å². The summed E-state index contributed by atoms with van der Waals surface area (Å²) in [6.45, 7) is 3.67. The Labute approximate surface area is 172 Å². The van der Waals surface area contributed by atoms with E-state index in [4.69, 9.17) is 0 Å². The van der Waals surface area contributed by atoms with Gasteiger partial charge in [-0.3, -0.25) is 0 Å². The number of anilines is 1. The smallest absolute Gasteiger partial charge is 0.319 e. The number of nitrogens with zero attached hydrogens (tertiary/aromatic N) is 1. The molecule has 7 nitrogen and oxygen atoms in total. The van der Waals surface area contributed by atoms with Gasteiger partial charge in [0.05, 0.1) is 10.9 Å². The third kappa shape index (κ3) is 6.03. The van der Waals surface area contributed by atoms with Crippen LogP contribution in [0.4, 0.5) is 10.5 Å². The molecule has 0 radical (unpaired) electrons. The Hall–Kier alpha value is -2.42. The molecule has 1 unspecified atom stereocenters. The highest BCUT2D eigenvalue weighted by Gasteiger charge is 2.23. The summed E-state index contributed by atoms with van der Waals surface area (Å²) in [7, 11) is -1.54. The van der Waals surface area contributed by atoms with E-state index in [0.717, 1.165) is 31.5 Å². The van der Waals surface area contributed by atoms with Gasteiger partial charge in [-0.05, 0) is 69.7 Å². The predicted octanol–water partition coefficient (Wildman–Crippen LogP) is 2.94. The number of hydrogen-bond donors (Lipinski definition) is 3. The van der Waals surface area contributed by atoms with Crippen molar-refractivity contribution in [1.82, 2.24) is 14.9 Å². The Balaban J connectivity index is 1.56. The number of carbonyl (C=O) groups excluding carboxylic acids is 1. The molecule has 1 aliphatic heterocycles. The quantitative estimate of drug-likeness (QED) is 0.675. The van der Waals surface area contributed by atoms with E-state index in [1.54, 1.807) is 12.1 Å². The summed E-state index contributed by atoms with van der Waals surface area (Å²) < 4.78 is 28.0. The third-order valence-electron chi connectivity index (χ3n) is 5.11. The molecule has 0 aromatic heterocycles. The molecule has 0 bridgehead atoms. The summed E-state index contributed by atoms with van der Waals surface area (Å²) in [4.78, 5) is 14.6. The van der Waals surface area contributed by atoms with Crippen LogP contribution in [0.2, 0.25) is 0 Å². The summed E-state index contributed by atoms with van der Waals surface area (Å²) in [6, 6.07) is 15.3. The minimum absolute atomic E-state index is 0.0424. The molecule has 0 saturated carbocycles. The molecule has 1 heterocycles. The fourth-order valence-electron chi connectivity index (χ4n) is 3.32. The number of carbonyl (C=O) groups is 1. The maximum atomic E-state index is 12.6. The van der Waals surface area contributed by atoms with Gasteiger partial charge >= 0.3 is 6.03 Å². The van der Waals surface area contributed by atoms with Crippen molar-refractivity contribution < 1.29 is 13.2 Å². The zero-order valence-corrected chi connectivity index (χ0v) is 17.6. The SMILES string of the molecule is CC(NC(=O)Nc1ccc(S(=O)(=O)NC2CCN(C)CC2)cc1)c1ccccc1. The highest BCUT2D eigenvalue weighted by atomic mass is 32.2.